The number of nitrogens with zero attached hydrogens (tertiary/aromatic N) is 1. The molecule has 0 saturated carbocycles. The van der Waals surface area contributed by atoms with Crippen LogP contribution in [0.25, 0.3) is 0 Å². The third kappa shape index (κ3) is 3.56. The quantitative estimate of drug-likeness (QED) is 0.870. The Hall–Kier alpha value is -1.43. The van der Waals surface area contributed by atoms with E-state index in [4.69, 9.17) is 5.26 Å². The highest BCUT2D eigenvalue weighted by Crippen LogP contribution is 2.16. The topological polar surface area (TPSA) is 104 Å². The second kappa shape index (κ2) is 5.52. The minimum atomic E-state index is -3.76. The Bertz CT molecular complexity index is 731. The molecule has 1 aromatic carbocycles. The SMILES string of the molecule is N#Cc1ccc(S(=O)(=O)NC2CCCS(=O)(=O)C2)cc1. The number of sulfonamides is 1. The number of benzene rings is 1. The lowest BCUT2D eigenvalue weighted by atomic mass is 10.2. The Kier molecular flexibility index (Phi) is 4.13. The van der Waals surface area contributed by atoms with Gasteiger partial charge in [-0.2, -0.15) is 5.26 Å². The number of rotatable bonds is 3. The van der Waals surface area contributed by atoms with Gasteiger partial charge in [0.2, 0.25) is 10.0 Å². The van der Waals surface area contributed by atoms with Gasteiger partial charge < -0.3 is 0 Å². The minimum Gasteiger partial charge on any atom is -0.229 e. The smallest absolute Gasteiger partial charge is 0.229 e. The average Bonchev–Trinajstić information content (AvgIpc) is 2.37. The van der Waals surface area contributed by atoms with Gasteiger partial charge >= 0.3 is 0 Å². The van der Waals surface area contributed by atoms with Gasteiger partial charge in [-0.05, 0) is 37.1 Å². The maximum Gasteiger partial charge on any atom is 0.240 e. The van der Waals surface area contributed by atoms with Crippen molar-refractivity contribution in [1.29, 1.82) is 5.26 Å². The van der Waals surface area contributed by atoms with E-state index < -0.39 is 25.9 Å². The van der Waals surface area contributed by atoms with Gasteiger partial charge in [0.05, 0.1) is 28.0 Å². The Balaban J connectivity index is 2.16. The highest BCUT2D eigenvalue weighted by atomic mass is 32.2. The van der Waals surface area contributed by atoms with Crippen molar-refractivity contribution in [3.8, 4) is 6.07 Å². The van der Waals surface area contributed by atoms with Crippen LogP contribution < -0.4 is 4.72 Å². The summed E-state index contributed by atoms with van der Waals surface area (Å²) in [7, 11) is -6.93. The van der Waals surface area contributed by atoms with Gasteiger partial charge in [-0.25, -0.2) is 21.6 Å². The Morgan fingerprint density at radius 3 is 2.45 bits per heavy atom. The molecule has 1 aromatic rings. The zero-order valence-corrected chi connectivity index (χ0v) is 12.2. The van der Waals surface area contributed by atoms with E-state index in [1.165, 1.54) is 24.3 Å². The first-order valence-corrected chi connectivity index (χ1v) is 9.36. The summed E-state index contributed by atoms with van der Waals surface area (Å²) < 4.78 is 49.7. The van der Waals surface area contributed by atoms with Gasteiger partial charge in [0.15, 0.2) is 9.84 Å². The van der Waals surface area contributed by atoms with Crippen LogP contribution in [-0.2, 0) is 19.9 Å². The predicted octanol–water partition coefficient (Wildman–Crippen LogP) is 0.414. The van der Waals surface area contributed by atoms with Crippen molar-refractivity contribution in [2.75, 3.05) is 11.5 Å². The van der Waals surface area contributed by atoms with E-state index in [1.54, 1.807) is 0 Å². The molecule has 108 valence electrons. The second-order valence-corrected chi connectivity index (χ2v) is 8.65. The fraction of sp³-hybridized carbons (Fsp3) is 0.417. The molecule has 6 nitrogen and oxygen atoms in total. The van der Waals surface area contributed by atoms with Crippen molar-refractivity contribution in [2.45, 2.75) is 23.8 Å². The molecule has 1 unspecified atom stereocenters. The Morgan fingerprint density at radius 2 is 1.90 bits per heavy atom. The van der Waals surface area contributed by atoms with E-state index in [1.807, 2.05) is 6.07 Å². The highest BCUT2D eigenvalue weighted by molar-refractivity contribution is 7.91. The summed E-state index contributed by atoms with van der Waals surface area (Å²) in [5.41, 5.74) is 0.365. The molecule has 1 fully saturated rings. The normalized spacial score (nSPS) is 22.1. The van der Waals surface area contributed by atoms with Crippen molar-refractivity contribution in [2.24, 2.45) is 0 Å². The van der Waals surface area contributed by atoms with Crippen LogP contribution >= 0.6 is 0 Å². The molecule has 0 aromatic heterocycles. The second-order valence-electron chi connectivity index (χ2n) is 4.71. The molecule has 1 aliphatic rings. The van der Waals surface area contributed by atoms with Crippen LogP contribution in [0.4, 0.5) is 0 Å². The van der Waals surface area contributed by atoms with Crippen molar-refractivity contribution in [3.63, 3.8) is 0 Å². The lowest BCUT2D eigenvalue weighted by molar-refractivity contribution is 0.517. The largest absolute Gasteiger partial charge is 0.240 e. The molecule has 1 aliphatic heterocycles. The minimum absolute atomic E-state index is 0.0273. The molecule has 0 aliphatic carbocycles. The zero-order valence-electron chi connectivity index (χ0n) is 10.6. The first-order valence-electron chi connectivity index (χ1n) is 6.05. The molecular formula is C12H14N2O4S2. The van der Waals surface area contributed by atoms with Crippen molar-refractivity contribution >= 4 is 19.9 Å². The lowest BCUT2D eigenvalue weighted by Gasteiger charge is -2.22. The number of hydrogen-bond acceptors (Lipinski definition) is 5. The average molecular weight is 314 g/mol. The molecule has 1 heterocycles. The van der Waals surface area contributed by atoms with E-state index in [-0.39, 0.29) is 16.4 Å². The van der Waals surface area contributed by atoms with E-state index in [0.29, 0.717) is 18.4 Å². The molecule has 0 spiro atoms. The monoisotopic (exact) mass is 314 g/mol. The molecule has 0 amide bonds. The number of sulfone groups is 1. The molecule has 8 heteroatoms. The fourth-order valence-electron chi connectivity index (χ4n) is 2.11. The predicted molar refractivity (Wildman–Crippen MR) is 73.2 cm³/mol. The van der Waals surface area contributed by atoms with Crippen LogP contribution in [0, 0.1) is 11.3 Å². The van der Waals surface area contributed by atoms with Crippen LogP contribution in [0.1, 0.15) is 18.4 Å². The van der Waals surface area contributed by atoms with Crippen LogP contribution in [0.15, 0.2) is 29.2 Å². The summed E-state index contributed by atoms with van der Waals surface area (Å²) in [6, 6.07) is 6.80. The summed E-state index contributed by atoms with van der Waals surface area (Å²) in [6.07, 6.45) is 0.970. The van der Waals surface area contributed by atoms with Gasteiger partial charge in [-0.15, -0.1) is 0 Å². The third-order valence-corrected chi connectivity index (χ3v) is 6.44. The molecule has 2 rings (SSSR count). The van der Waals surface area contributed by atoms with Crippen molar-refractivity contribution in [1.82, 2.24) is 4.72 Å². The van der Waals surface area contributed by atoms with E-state index >= 15 is 0 Å². The number of nitrogens with one attached hydrogen (secondary N) is 1. The summed E-state index contributed by atoms with van der Waals surface area (Å²) in [5, 5.41) is 8.67. The third-order valence-electron chi connectivity index (χ3n) is 3.08. The van der Waals surface area contributed by atoms with Gasteiger partial charge in [-0.3, -0.25) is 0 Å². The summed E-state index contributed by atoms with van der Waals surface area (Å²) in [6.45, 7) is 0. The van der Waals surface area contributed by atoms with Crippen LogP contribution in [0.3, 0.4) is 0 Å². The number of nitriles is 1. The fourth-order valence-corrected chi connectivity index (χ4v) is 5.12. The maximum atomic E-state index is 12.1. The van der Waals surface area contributed by atoms with Crippen LogP contribution in [0.5, 0.6) is 0 Å². The van der Waals surface area contributed by atoms with E-state index in [0.717, 1.165) is 0 Å². The zero-order chi connectivity index (χ0) is 14.8. The first kappa shape index (κ1) is 15.0. The molecule has 1 N–H and O–H groups in total. The highest BCUT2D eigenvalue weighted by Gasteiger charge is 2.28. The number of hydrogen-bond donors (Lipinski definition) is 1. The Morgan fingerprint density at radius 1 is 1.25 bits per heavy atom. The van der Waals surface area contributed by atoms with E-state index in [2.05, 4.69) is 4.72 Å². The van der Waals surface area contributed by atoms with Crippen LogP contribution in [0.2, 0.25) is 0 Å². The van der Waals surface area contributed by atoms with Crippen molar-refractivity contribution < 1.29 is 16.8 Å². The molecule has 20 heavy (non-hydrogen) atoms. The molecular weight excluding hydrogens is 300 g/mol. The summed E-state index contributed by atoms with van der Waals surface area (Å²) in [5.74, 6) is -0.0510. The van der Waals surface area contributed by atoms with Gasteiger partial charge in [0.25, 0.3) is 0 Å². The molecule has 0 radical (unpaired) electrons. The maximum absolute atomic E-state index is 12.1. The summed E-state index contributed by atoms with van der Waals surface area (Å²) >= 11 is 0. The van der Waals surface area contributed by atoms with Crippen molar-refractivity contribution in [3.05, 3.63) is 29.8 Å². The van der Waals surface area contributed by atoms with E-state index in [9.17, 15) is 16.8 Å². The molecule has 0 bridgehead atoms. The van der Waals surface area contributed by atoms with Gasteiger partial charge in [0.1, 0.15) is 0 Å². The van der Waals surface area contributed by atoms with Gasteiger partial charge in [0, 0.05) is 6.04 Å². The summed E-state index contributed by atoms with van der Waals surface area (Å²) in [4.78, 5) is 0.0273. The molecule has 1 saturated heterocycles. The standard InChI is InChI=1S/C12H14N2O4S2/c13-8-10-3-5-12(6-4-10)20(17,18)14-11-2-1-7-19(15,16)9-11/h3-6,11,14H,1-2,7,9H2. The van der Waals surface area contributed by atoms with Crippen LogP contribution in [-0.4, -0.2) is 34.4 Å². The lowest BCUT2D eigenvalue weighted by Crippen LogP contribution is -2.43. The first-order chi connectivity index (χ1) is 9.32. The molecule has 1 atom stereocenters. The Labute approximate surface area is 118 Å². The van der Waals surface area contributed by atoms with Gasteiger partial charge in [-0.1, -0.05) is 0 Å².